The van der Waals surface area contributed by atoms with Gasteiger partial charge < -0.3 is 9.80 Å². The number of allylic oxidation sites excluding steroid dienone is 12. The maximum absolute atomic E-state index is 13.6. The Morgan fingerprint density at radius 2 is 1.10 bits per heavy atom. The maximum Gasteiger partial charge on any atom is 0.123 e. The first-order chi connectivity index (χ1) is 28.6. The molecular formula is C55H47FN2. The topological polar surface area (TPSA) is 6.48 Å². The van der Waals surface area contributed by atoms with Gasteiger partial charge in [-0.15, -0.1) is 0 Å². The van der Waals surface area contributed by atoms with Crippen LogP contribution >= 0.6 is 0 Å². The van der Waals surface area contributed by atoms with Gasteiger partial charge in [-0.1, -0.05) is 140 Å². The molecule has 0 fully saturated rings. The normalized spacial score (nSPS) is 16.2. The van der Waals surface area contributed by atoms with Crippen molar-refractivity contribution in [3.8, 4) is 11.1 Å². The fourth-order valence-electron chi connectivity index (χ4n) is 8.45. The maximum atomic E-state index is 13.6. The fourth-order valence-corrected chi connectivity index (χ4v) is 8.45. The Labute approximate surface area is 342 Å². The summed E-state index contributed by atoms with van der Waals surface area (Å²) in [5.41, 5.74) is 16.9. The third-order valence-corrected chi connectivity index (χ3v) is 11.7. The predicted molar refractivity (Wildman–Crippen MR) is 244 cm³/mol. The average Bonchev–Trinajstić information content (AvgIpc) is 3.30. The second-order valence-corrected chi connectivity index (χ2v) is 15.3. The summed E-state index contributed by atoms with van der Waals surface area (Å²) in [4.78, 5) is 4.70. The number of hydrogen-bond donors (Lipinski definition) is 0. The minimum absolute atomic E-state index is 0.213. The second kappa shape index (κ2) is 16.8. The molecule has 3 heteroatoms. The highest BCUT2D eigenvalue weighted by Crippen LogP contribution is 2.39. The van der Waals surface area contributed by atoms with Gasteiger partial charge in [-0.25, -0.2) is 4.39 Å². The summed E-state index contributed by atoms with van der Waals surface area (Å²) >= 11 is 0. The van der Waals surface area contributed by atoms with Gasteiger partial charge in [-0.05, 0) is 137 Å². The first-order valence-corrected chi connectivity index (χ1v) is 20.5. The third kappa shape index (κ3) is 7.94. The van der Waals surface area contributed by atoms with Gasteiger partial charge in [-0.3, -0.25) is 0 Å². The number of benzene rings is 6. The summed E-state index contributed by atoms with van der Waals surface area (Å²) in [5.74, 6) is 0.0340. The zero-order valence-electron chi connectivity index (χ0n) is 32.9. The summed E-state index contributed by atoms with van der Waals surface area (Å²) in [6.45, 7) is 0. The summed E-state index contributed by atoms with van der Waals surface area (Å²) in [6.07, 6.45) is 23.0. The van der Waals surface area contributed by atoms with E-state index in [1.165, 1.54) is 62.5 Å². The molecule has 1 unspecified atom stereocenters. The van der Waals surface area contributed by atoms with Crippen LogP contribution in [0.5, 0.6) is 0 Å². The molecule has 0 bridgehead atoms. The van der Waals surface area contributed by atoms with E-state index in [2.05, 4.69) is 193 Å². The van der Waals surface area contributed by atoms with Crippen LogP contribution in [0.3, 0.4) is 0 Å². The fraction of sp³-hybridized carbons (Fsp3) is 0.127. The quantitative estimate of drug-likeness (QED) is 0.137. The summed E-state index contributed by atoms with van der Waals surface area (Å²) < 4.78 is 13.6. The van der Waals surface area contributed by atoms with Gasteiger partial charge in [0, 0.05) is 47.0 Å². The van der Waals surface area contributed by atoms with E-state index in [1.54, 1.807) is 0 Å². The van der Waals surface area contributed by atoms with Crippen LogP contribution in [-0.4, -0.2) is 7.05 Å². The molecule has 1 atom stereocenters. The molecule has 284 valence electrons. The largest absolute Gasteiger partial charge is 0.348 e. The van der Waals surface area contributed by atoms with E-state index < -0.39 is 0 Å². The Morgan fingerprint density at radius 1 is 0.517 bits per heavy atom. The molecule has 3 aliphatic carbocycles. The lowest BCUT2D eigenvalue weighted by Gasteiger charge is -2.28. The van der Waals surface area contributed by atoms with E-state index in [0.717, 1.165) is 60.3 Å². The van der Waals surface area contributed by atoms with Crippen molar-refractivity contribution < 1.29 is 4.39 Å². The van der Waals surface area contributed by atoms with Crippen molar-refractivity contribution in [3.05, 3.63) is 234 Å². The second-order valence-electron chi connectivity index (χ2n) is 15.3. The minimum Gasteiger partial charge on any atom is -0.348 e. The minimum atomic E-state index is -0.213. The predicted octanol–water partition coefficient (Wildman–Crippen LogP) is 15.0. The van der Waals surface area contributed by atoms with Crippen molar-refractivity contribution in [2.75, 3.05) is 16.8 Å². The molecule has 2 nitrogen and oxygen atoms in total. The SMILES string of the molecule is CN(C1=C(c2ccccc2)C=CCC1)c1ccc(-c2ccc(N(c3ccc(C4=CC=CCC4)cc3)c3ccc(C4C=C(c5ccc(F)cc5)C=CC4)cc3)cc2)cc1. The zero-order chi connectivity index (χ0) is 39.3. The van der Waals surface area contributed by atoms with Crippen LogP contribution in [0.4, 0.5) is 27.1 Å². The highest BCUT2D eigenvalue weighted by atomic mass is 19.1. The van der Waals surface area contributed by atoms with Crippen LogP contribution in [-0.2, 0) is 0 Å². The Hall–Kier alpha value is -6.71. The molecular weight excluding hydrogens is 708 g/mol. The van der Waals surface area contributed by atoms with Crippen LogP contribution in [0.25, 0.3) is 27.8 Å². The summed E-state index contributed by atoms with van der Waals surface area (Å²) in [6, 6.07) is 53.4. The van der Waals surface area contributed by atoms with Crippen molar-refractivity contribution in [3.63, 3.8) is 0 Å². The molecule has 0 saturated heterocycles. The van der Waals surface area contributed by atoms with Crippen molar-refractivity contribution in [2.24, 2.45) is 0 Å². The van der Waals surface area contributed by atoms with Crippen molar-refractivity contribution >= 4 is 39.5 Å². The molecule has 3 aliphatic rings. The monoisotopic (exact) mass is 754 g/mol. The molecule has 6 aromatic rings. The van der Waals surface area contributed by atoms with Gasteiger partial charge in [0.25, 0.3) is 0 Å². The first kappa shape index (κ1) is 36.9. The van der Waals surface area contributed by atoms with E-state index in [-0.39, 0.29) is 11.7 Å². The molecule has 0 heterocycles. The standard InChI is InChI=1S/C55H47FN2/c1-57(55-18-9-8-17-54(55)46-13-6-3-7-14-46)50-31-21-42(22-32-50)43-25-35-52(36-26-43)58(51-33-23-41(24-34-51)40-11-4-2-5-12-40)53-37-27-45(28-38-53)48-16-10-15-47(39-48)44-19-29-49(56)30-20-44/h2-4,6-8,10-11,13-15,17,19-39,48H,5,9,12,16,18H2,1H3. The molecule has 0 aliphatic heterocycles. The molecule has 0 spiro atoms. The Kier molecular flexibility index (Phi) is 10.7. The third-order valence-electron chi connectivity index (χ3n) is 11.7. The summed E-state index contributed by atoms with van der Waals surface area (Å²) in [7, 11) is 2.19. The van der Waals surface area contributed by atoms with Crippen LogP contribution in [0.1, 0.15) is 60.3 Å². The highest BCUT2D eigenvalue weighted by Gasteiger charge is 2.19. The molecule has 0 saturated carbocycles. The van der Waals surface area contributed by atoms with Crippen LogP contribution in [0, 0.1) is 5.82 Å². The molecule has 0 radical (unpaired) electrons. The number of hydrogen-bond acceptors (Lipinski definition) is 2. The summed E-state index contributed by atoms with van der Waals surface area (Å²) in [5, 5.41) is 0. The van der Waals surface area contributed by atoms with Crippen LogP contribution < -0.4 is 9.80 Å². The molecule has 0 N–H and O–H groups in total. The van der Waals surface area contributed by atoms with E-state index >= 15 is 0 Å². The van der Waals surface area contributed by atoms with Gasteiger partial charge in [0.2, 0.25) is 0 Å². The Morgan fingerprint density at radius 3 is 1.74 bits per heavy atom. The van der Waals surface area contributed by atoms with E-state index in [4.69, 9.17) is 0 Å². The number of halogens is 1. The number of anilines is 4. The van der Waals surface area contributed by atoms with E-state index in [0.29, 0.717) is 0 Å². The van der Waals surface area contributed by atoms with Gasteiger partial charge in [0.1, 0.15) is 5.82 Å². The molecule has 0 aromatic heterocycles. The number of nitrogens with zero attached hydrogens (tertiary/aromatic N) is 2. The Bertz CT molecular complexity index is 2550. The molecule has 9 rings (SSSR count). The molecule has 58 heavy (non-hydrogen) atoms. The van der Waals surface area contributed by atoms with Gasteiger partial charge in [0.05, 0.1) is 0 Å². The molecule has 0 amide bonds. The van der Waals surface area contributed by atoms with E-state index in [1.807, 2.05) is 12.1 Å². The van der Waals surface area contributed by atoms with Gasteiger partial charge in [0.15, 0.2) is 0 Å². The lowest BCUT2D eigenvalue weighted by Crippen LogP contribution is -2.19. The lowest BCUT2D eigenvalue weighted by atomic mass is 9.87. The average molecular weight is 755 g/mol. The van der Waals surface area contributed by atoms with Crippen molar-refractivity contribution in [1.29, 1.82) is 0 Å². The smallest absolute Gasteiger partial charge is 0.123 e. The first-order valence-electron chi connectivity index (χ1n) is 20.5. The van der Waals surface area contributed by atoms with E-state index in [9.17, 15) is 4.39 Å². The van der Waals surface area contributed by atoms with Crippen molar-refractivity contribution in [1.82, 2.24) is 0 Å². The highest BCUT2D eigenvalue weighted by molar-refractivity contribution is 5.83. The van der Waals surface area contributed by atoms with Gasteiger partial charge in [-0.2, -0.15) is 0 Å². The molecule has 6 aromatic carbocycles. The van der Waals surface area contributed by atoms with Gasteiger partial charge >= 0.3 is 0 Å². The Balaban J connectivity index is 0.990. The van der Waals surface area contributed by atoms with Crippen LogP contribution in [0.15, 0.2) is 206 Å². The zero-order valence-corrected chi connectivity index (χ0v) is 32.9. The lowest BCUT2D eigenvalue weighted by molar-refractivity contribution is 0.627. The number of rotatable bonds is 10. The van der Waals surface area contributed by atoms with Crippen molar-refractivity contribution in [2.45, 2.75) is 38.0 Å². The van der Waals surface area contributed by atoms with Crippen LogP contribution in [0.2, 0.25) is 0 Å².